The van der Waals surface area contributed by atoms with Gasteiger partial charge in [0.25, 0.3) is 0 Å². The highest BCUT2D eigenvalue weighted by molar-refractivity contribution is 5.88. The summed E-state index contributed by atoms with van der Waals surface area (Å²) in [6.45, 7) is 4.11. The van der Waals surface area contributed by atoms with Crippen molar-refractivity contribution in [3.8, 4) is 5.75 Å². The molecule has 0 aliphatic carbocycles. The van der Waals surface area contributed by atoms with Crippen LogP contribution in [0.3, 0.4) is 0 Å². The van der Waals surface area contributed by atoms with E-state index in [1.54, 1.807) is 11.9 Å². The van der Waals surface area contributed by atoms with E-state index in [1.807, 2.05) is 56.3 Å². The molecule has 0 heterocycles. The third-order valence-electron chi connectivity index (χ3n) is 3.54. The standard InChI is InChI=1S/C18H23NO3/c1-13(2)18(21)19(3)11-15(20)12-22-17-10-6-8-14-7-4-5-9-16(14)17/h4-10,13,15,20H,11-12H2,1-3H3/t15-/m0/s1. The molecule has 0 fully saturated rings. The Kier molecular flexibility index (Phi) is 5.39. The van der Waals surface area contributed by atoms with Crippen LogP contribution in [0.15, 0.2) is 42.5 Å². The van der Waals surface area contributed by atoms with E-state index in [4.69, 9.17) is 4.74 Å². The van der Waals surface area contributed by atoms with E-state index in [0.29, 0.717) is 0 Å². The number of carbonyl (C=O) groups is 1. The van der Waals surface area contributed by atoms with E-state index in [-0.39, 0.29) is 25.0 Å². The number of aliphatic hydroxyl groups excluding tert-OH is 1. The first-order valence-corrected chi connectivity index (χ1v) is 7.52. The van der Waals surface area contributed by atoms with Crippen molar-refractivity contribution < 1.29 is 14.6 Å². The molecule has 1 amide bonds. The van der Waals surface area contributed by atoms with Crippen molar-refractivity contribution in [2.24, 2.45) is 5.92 Å². The van der Waals surface area contributed by atoms with Crippen LogP contribution < -0.4 is 4.74 Å². The van der Waals surface area contributed by atoms with Gasteiger partial charge >= 0.3 is 0 Å². The second-order valence-corrected chi connectivity index (χ2v) is 5.82. The van der Waals surface area contributed by atoms with Crippen LogP contribution in [-0.4, -0.2) is 42.2 Å². The molecule has 1 atom stereocenters. The van der Waals surface area contributed by atoms with Gasteiger partial charge in [-0.25, -0.2) is 0 Å². The van der Waals surface area contributed by atoms with Crippen molar-refractivity contribution in [3.05, 3.63) is 42.5 Å². The van der Waals surface area contributed by atoms with E-state index in [1.165, 1.54) is 0 Å². The van der Waals surface area contributed by atoms with Gasteiger partial charge in [0.15, 0.2) is 0 Å². The summed E-state index contributed by atoms with van der Waals surface area (Å²) >= 11 is 0. The average Bonchev–Trinajstić information content (AvgIpc) is 2.51. The molecule has 0 unspecified atom stereocenters. The number of aliphatic hydroxyl groups is 1. The highest BCUT2D eigenvalue weighted by atomic mass is 16.5. The first kappa shape index (κ1) is 16.3. The molecule has 0 aliphatic heterocycles. The molecule has 118 valence electrons. The Morgan fingerprint density at radius 1 is 1.18 bits per heavy atom. The largest absolute Gasteiger partial charge is 0.490 e. The normalized spacial score (nSPS) is 12.4. The first-order valence-electron chi connectivity index (χ1n) is 7.52. The van der Waals surface area contributed by atoms with Gasteiger partial charge in [0.1, 0.15) is 18.5 Å². The van der Waals surface area contributed by atoms with Crippen molar-refractivity contribution in [2.75, 3.05) is 20.2 Å². The Balaban J connectivity index is 1.96. The quantitative estimate of drug-likeness (QED) is 0.892. The van der Waals surface area contributed by atoms with Crippen molar-refractivity contribution in [1.29, 1.82) is 0 Å². The lowest BCUT2D eigenvalue weighted by atomic mass is 10.1. The molecule has 2 aromatic carbocycles. The van der Waals surface area contributed by atoms with Gasteiger partial charge in [0, 0.05) is 24.9 Å². The zero-order valence-electron chi connectivity index (χ0n) is 13.3. The summed E-state index contributed by atoms with van der Waals surface area (Å²) in [7, 11) is 1.70. The van der Waals surface area contributed by atoms with Crippen LogP contribution in [0.1, 0.15) is 13.8 Å². The second-order valence-electron chi connectivity index (χ2n) is 5.82. The number of amides is 1. The fraction of sp³-hybridized carbons (Fsp3) is 0.389. The molecule has 0 saturated carbocycles. The predicted octanol–water partition coefficient (Wildman–Crippen LogP) is 2.69. The molecule has 0 aliphatic rings. The number of hydrogen-bond donors (Lipinski definition) is 1. The number of fused-ring (bicyclic) bond motifs is 1. The predicted molar refractivity (Wildman–Crippen MR) is 87.9 cm³/mol. The third-order valence-corrected chi connectivity index (χ3v) is 3.54. The molecule has 4 nitrogen and oxygen atoms in total. The Morgan fingerprint density at radius 3 is 2.59 bits per heavy atom. The molecule has 0 aromatic heterocycles. The third kappa shape index (κ3) is 3.98. The van der Waals surface area contributed by atoms with Crippen molar-refractivity contribution in [1.82, 2.24) is 4.90 Å². The van der Waals surface area contributed by atoms with Crippen LogP contribution in [-0.2, 0) is 4.79 Å². The summed E-state index contributed by atoms with van der Waals surface area (Å²) in [4.78, 5) is 13.3. The molecular weight excluding hydrogens is 278 g/mol. The Labute approximate surface area is 131 Å². The fourth-order valence-corrected chi connectivity index (χ4v) is 2.41. The number of ether oxygens (including phenoxy) is 1. The van der Waals surface area contributed by atoms with E-state index < -0.39 is 6.10 Å². The maximum Gasteiger partial charge on any atom is 0.224 e. The van der Waals surface area contributed by atoms with Gasteiger partial charge in [-0.3, -0.25) is 4.79 Å². The fourth-order valence-electron chi connectivity index (χ4n) is 2.41. The van der Waals surface area contributed by atoms with Crippen molar-refractivity contribution in [3.63, 3.8) is 0 Å². The molecule has 2 rings (SSSR count). The average molecular weight is 301 g/mol. The van der Waals surface area contributed by atoms with Gasteiger partial charge in [-0.2, -0.15) is 0 Å². The maximum atomic E-state index is 11.8. The monoisotopic (exact) mass is 301 g/mol. The van der Waals surface area contributed by atoms with E-state index >= 15 is 0 Å². The SMILES string of the molecule is CC(C)C(=O)N(C)C[C@H](O)COc1cccc2ccccc12. The smallest absolute Gasteiger partial charge is 0.224 e. The Bertz CT molecular complexity index is 634. The minimum absolute atomic E-state index is 0.0178. The van der Waals surface area contributed by atoms with Crippen LogP contribution in [0.2, 0.25) is 0 Å². The number of rotatable bonds is 6. The summed E-state index contributed by atoms with van der Waals surface area (Å²) < 4.78 is 5.73. The number of likely N-dealkylation sites (N-methyl/N-ethyl adjacent to an activating group) is 1. The van der Waals surface area contributed by atoms with Gasteiger partial charge in [-0.05, 0) is 11.5 Å². The van der Waals surface area contributed by atoms with Crippen LogP contribution in [0.4, 0.5) is 0 Å². The van der Waals surface area contributed by atoms with E-state index in [0.717, 1.165) is 16.5 Å². The van der Waals surface area contributed by atoms with Crippen LogP contribution >= 0.6 is 0 Å². The summed E-state index contributed by atoms with van der Waals surface area (Å²) in [5, 5.41) is 12.2. The summed E-state index contributed by atoms with van der Waals surface area (Å²) in [6, 6.07) is 13.8. The highest BCUT2D eigenvalue weighted by Gasteiger charge is 2.17. The number of nitrogens with zero attached hydrogens (tertiary/aromatic N) is 1. The lowest BCUT2D eigenvalue weighted by Gasteiger charge is -2.22. The lowest BCUT2D eigenvalue weighted by molar-refractivity contribution is -0.134. The molecule has 0 spiro atoms. The lowest BCUT2D eigenvalue weighted by Crippen LogP contribution is -2.38. The second kappa shape index (κ2) is 7.27. The topological polar surface area (TPSA) is 49.8 Å². The molecule has 4 heteroatoms. The molecule has 1 N–H and O–H groups in total. The van der Waals surface area contributed by atoms with Crippen LogP contribution in [0.25, 0.3) is 10.8 Å². The molecule has 2 aromatic rings. The summed E-state index contributed by atoms with van der Waals surface area (Å²) in [5.41, 5.74) is 0. The maximum absolute atomic E-state index is 11.8. The first-order chi connectivity index (χ1) is 10.5. The molecule has 22 heavy (non-hydrogen) atoms. The van der Waals surface area contributed by atoms with Gasteiger partial charge in [0.05, 0.1) is 0 Å². The molecule has 0 radical (unpaired) electrons. The minimum Gasteiger partial charge on any atom is -0.490 e. The number of hydrogen-bond acceptors (Lipinski definition) is 3. The highest BCUT2D eigenvalue weighted by Crippen LogP contribution is 2.25. The molecule has 0 bridgehead atoms. The number of benzene rings is 2. The van der Waals surface area contributed by atoms with Crippen molar-refractivity contribution >= 4 is 16.7 Å². The van der Waals surface area contributed by atoms with Gasteiger partial charge < -0.3 is 14.7 Å². The van der Waals surface area contributed by atoms with Crippen LogP contribution in [0, 0.1) is 5.92 Å². The van der Waals surface area contributed by atoms with Gasteiger partial charge in [-0.15, -0.1) is 0 Å². The zero-order chi connectivity index (χ0) is 16.1. The molecule has 0 saturated heterocycles. The Morgan fingerprint density at radius 2 is 1.86 bits per heavy atom. The van der Waals surface area contributed by atoms with E-state index in [9.17, 15) is 9.90 Å². The van der Waals surface area contributed by atoms with E-state index in [2.05, 4.69) is 0 Å². The van der Waals surface area contributed by atoms with Crippen molar-refractivity contribution in [2.45, 2.75) is 20.0 Å². The van der Waals surface area contributed by atoms with Gasteiger partial charge in [-0.1, -0.05) is 50.2 Å². The molecular formula is C18H23NO3. The van der Waals surface area contributed by atoms with Gasteiger partial charge in [0.2, 0.25) is 5.91 Å². The summed E-state index contributed by atoms with van der Waals surface area (Å²) in [6.07, 6.45) is -0.716. The summed E-state index contributed by atoms with van der Waals surface area (Å²) in [5.74, 6) is 0.690. The minimum atomic E-state index is -0.716. The zero-order valence-corrected chi connectivity index (χ0v) is 13.3. The Hall–Kier alpha value is -2.07. The van der Waals surface area contributed by atoms with Crippen LogP contribution in [0.5, 0.6) is 5.75 Å². The number of carbonyl (C=O) groups excluding carboxylic acids is 1.